The van der Waals surface area contributed by atoms with Gasteiger partial charge < -0.3 is 19.4 Å². The second kappa shape index (κ2) is 7.19. The molecule has 7 heteroatoms. The highest BCUT2D eigenvalue weighted by Gasteiger charge is 2.21. The maximum atomic E-state index is 12.7. The Morgan fingerprint density at radius 3 is 2.62 bits per heavy atom. The van der Waals surface area contributed by atoms with Crippen LogP contribution in [0.3, 0.4) is 0 Å². The molecule has 0 unspecified atom stereocenters. The molecule has 0 aliphatic heterocycles. The number of carboxylic acids is 1. The van der Waals surface area contributed by atoms with Gasteiger partial charge in [0.05, 0.1) is 6.54 Å². The van der Waals surface area contributed by atoms with E-state index in [1.807, 2.05) is 0 Å². The predicted molar refractivity (Wildman–Crippen MR) is 94.5 cm³/mol. The number of furan rings is 1. The van der Waals surface area contributed by atoms with Crippen molar-refractivity contribution in [3.05, 3.63) is 56.4 Å². The molecule has 0 bridgehead atoms. The Morgan fingerprint density at radius 2 is 1.92 bits per heavy atom. The van der Waals surface area contributed by atoms with Gasteiger partial charge in [-0.2, -0.15) is 0 Å². The van der Waals surface area contributed by atoms with Crippen molar-refractivity contribution >= 4 is 11.9 Å². The number of carboxylic acid groups (broad SMARTS) is 1. The zero-order valence-electron chi connectivity index (χ0n) is 14.9. The molecule has 1 amide bonds. The van der Waals surface area contributed by atoms with Gasteiger partial charge in [0, 0.05) is 12.7 Å². The van der Waals surface area contributed by atoms with E-state index in [1.165, 1.54) is 11.0 Å². The Kier molecular flexibility index (Phi) is 4.97. The van der Waals surface area contributed by atoms with Gasteiger partial charge in [-0.15, -0.1) is 0 Å². The SMILES string of the molecule is Cc1oc(CN(C)C(=O)c2cc3c([nH]c2=O)CCCCC3)cc1C(=O)O. The first-order valence-electron chi connectivity index (χ1n) is 8.70. The van der Waals surface area contributed by atoms with E-state index in [4.69, 9.17) is 9.52 Å². The van der Waals surface area contributed by atoms with Crippen molar-refractivity contribution in [2.45, 2.75) is 45.6 Å². The molecule has 138 valence electrons. The number of aromatic nitrogens is 1. The van der Waals surface area contributed by atoms with Crippen LogP contribution in [0.2, 0.25) is 0 Å². The number of aryl methyl sites for hydroxylation is 3. The molecule has 26 heavy (non-hydrogen) atoms. The summed E-state index contributed by atoms with van der Waals surface area (Å²) in [6.07, 6.45) is 4.89. The van der Waals surface area contributed by atoms with Crippen molar-refractivity contribution in [2.24, 2.45) is 0 Å². The third kappa shape index (κ3) is 3.56. The zero-order valence-corrected chi connectivity index (χ0v) is 14.9. The fourth-order valence-corrected chi connectivity index (χ4v) is 3.36. The number of hydrogen-bond acceptors (Lipinski definition) is 4. The quantitative estimate of drug-likeness (QED) is 0.818. The Labute approximate surface area is 150 Å². The van der Waals surface area contributed by atoms with E-state index < -0.39 is 11.9 Å². The number of fused-ring (bicyclic) bond motifs is 1. The van der Waals surface area contributed by atoms with E-state index >= 15 is 0 Å². The molecule has 2 heterocycles. The molecule has 1 aliphatic carbocycles. The molecular weight excluding hydrogens is 336 g/mol. The first-order valence-corrected chi connectivity index (χ1v) is 8.70. The highest BCUT2D eigenvalue weighted by molar-refractivity contribution is 5.94. The second-order valence-corrected chi connectivity index (χ2v) is 6.73. The number of pyridine rings is 1. The number of rotatable bonds is 4. The lowest BCUT2D eigenvalue weighted by molar-refractivity contribution is 0.0694. The lowest BCUT2D eigenvalue weighted by Gasteiger charge is -2.16. The average molecular weight is 358 g/mol. The number of carbonyl (C=O) groups excluding carboxylic acids is 1. The van der Waals surface area contributed by atoms with Gasteiger partial charge in [0.15, 0.2) is 0 Å². The molecule has 0 aromatic carbocycles. The summed E-state index contributed by atoms with van der Waals surface area (Å²) >= 11 is 0. The summed E-state index contributed by atoms with van der Waals surface area (Å²) in [4.78, 5) is 40.4. The van der Waals surface area contributed by atoms with Gasteiger partial charge in [0.1, 0.15) is 22.6 Å². The molecule has 3 rings (SSSR count). The summed E-state index contributed by atoms with van der Waals surface area (Å²) in [6.45, 7) is 1.65. The molecule has 0 spiro atoms. The minimum atomic E-state index is -1.08. The molecule has 0 atom stereocenters. The highest BCUT2D eigenvalue weighted by atomic mass is 16.4. The van der Waals surface area contributed by atoms with Crippen molar-refractivity contribution in [2.75, 3.05) is 7.05 Å². The topological polar surface area (TPSA) is 104 Å². The first kappa shape index (κ1) is 18.0. The van der Waals surface area contributed by atoms with E-state index in [9.17, 15) is 14.4 Å². The number of hydrogen-bond donors (Lipinski definition) is 2. The lowest BCUT2D eigenvalue weighted by Crippen LogP contribution is -2.32. The number of amides is 1. The normalized spacial score (nSPS) is 13.8. The Hall–Kier alpha value is -2.83. The largest absolute Gasteiger partial charge is 0.478 e. The van der Waals surface area contributed by atoms with Crippen molar-refractivity contribution < 1.29 is 19.1 Å². The number of carbonyl (C=O) groups is 2. The molecule has 0 saturated carbocycles. The smallest absolute Gasteiger partial charge is 0.339 e. The molecule has 0 fully saturated rings. The molecule has 0 saturated heterocycles. The molecule has 7 nitrogen and oxygen atoms in total. The second-order valence-electron chi connectivity index (χ2n) is 6.73. The van der Waals surface area contributed by atoms with Crippen LogP contribution in [-0.4, -0.2) is 33.9 Å². The molecular formula is C19H22N2O5. The highest BCUT2D eigenvalue weighted by Crippen LogP contribution is 2.20. The number of aromatic amines is 1. The van der Waals surface area contributed by atoms with E-state index in [-0.39, 0.29) is 29.0 Å². The number of nitrogens with zero attached hydrogens (tertiary/aromatic N) is 1. The zero-order chi connectivity index (χ0) is 18.8. The van der Waals surface area contributed by atoms with Crippen LogP contribution in [-0.2, 0) is 19.4 Å². The van der Waals surface area contributed by atoms with Gasteiger partial charge in [-0.3, -0.25) is 9.59 Å². The maximum Gasteiger partial charge on any atom is 0.339 e. The molecule has 2 aromatic heterocycles. The van der Waals surface area contributed by atoms with Crippen LogP contribution in [0.4, 0.5) is 0 Å². The number of nitrogens with one attached hydrogen (secondary N) is 1. The van der Waals surface area contributed by atoms with Gasteiger partial charge in [-0.05, 0) is 50.3 Å². The van der Waals surface area contributed by atoms with Crippen molar-refractivity contribution in [1.82, 2.24) is 9.88 Å². The summed E-state index contributed by atoms with van der Waals surface area (Å²) in [5.74, 6) is -0.837. The van der Waals surface area contributed by atoms with Gasteiger partial charge in [0.25, 0.3) is 11.5 Å². The Balaban J connectivity index is 1.82. The molecule has 2 N–H and O–H groups in total. The van der Waals surface area contributed by atoms with E-state index in [0.29, 0.717) is 5.76 Å². The van der Waals surface area contributed by atoms with Crippen molar-refractivity contribution in [3.63, 3.8) is 0 Å². The van der Waals surface area contributed by atoms with Crippen LogP contribution in [0.5, 0.6) is 0 Å². The van der Waals surface area contributed by atoms with Gasteiger partial charge >= 0.3 is 5.97 Å². The van der Waals surface area contributed by atoms with Crippen LogP contribution < -0.4 is 5.56 Å². The van der Waals surface area contributed by atoms with Crippen molar-refractivity contribution in [3.8, 4) is 0 Å². The van der Waals surface area contributed by atoms with E-state index in [2.05, 4.69) is 4.98 Å². The van der Waals surface area contributed by atoms with Crippen LogP contribution in [0.1, 0.15) is 62.8 Å². The molecule has 0 radical (unpaired) electrons. The van der Waals surface area contributed by atoms with Gasteiger partial charge in [0.2, 0.25) is 0 Å². The molecule has 1 aliphatic rings. The van der Waals surface area contributed by atoms with Crippen LogP contribution in [0.25, 0.3) is 0 Å². The average Bonchev–Trinajstić information content (AvgIpc) is 2.81. The summed E-state index contributed by atoms with van der Waals surface area (Å²) in [6, 6.07) is 3.11. The fourth-order valence-electron chi connectivity index (χ4n) is 3.36. The summed E-state index contributed by atoms with van der Waals surface area (Å²) in [7, 11) is 1.56. The third-order valence-corrected chi connectivity index (χ3v) is 4.76. The predicted octanol–water partition coefficient (Wildman–Crippen LogP) is 2.52. The Bertz CT molecular complexity index is 909. The summed E-state index contributed by atoms with van der Waals surface area (Å²) in [5.41, 5.74) is 1.75. The monoisotopic (exact) mass is 358 g/mol. The summed E-state index contributed by atoms with van der Waals surface area (Å²) < 4.78 is 5.41. The van der Waals surface area contributed by atoms with Gasteiger partial charge in [-0.1, -0.05) is 6.42 Å². The third-order valence-electron chi connectivity index (χ3n) is 4.76. The van der Waals surface area contributed by atoms with Crippen LogP contribution >= 0.6 is 0 Å². The molecule has 2 aromatic rings. The van der Waals surface area contributed by atoms with E-state index in [1.54, 1.807) is 20.0 Å². The van der Waals surface area contributed by atoms with Crippen LogP contribution in [0, 0.1) is 6.92 Å². The minimum absolute atomic E-state index is 0.0729. The van der Waals surface area contributed by atoms with Gasteiger partial charge in [-0.25, -0.2) is 4.79 Å². The Morgan fingerprint density at radius 1 is 1.19 bits per heavy atom. The van der Waals surface area contributed by atoms with Crippen molar-refractivity contribution in [1.29, 1.82) is 0 Å². The van der Waals surface area contributed by atoms with E-state index in [0.717, 1.165) is 43.4 Å². The lowest BCUT2D eigenvalue weighted by atomic mass is 10.1. The number of H-pyrrole nitrogens is 1. The van der Waals surface area contributed by atoms with Crippen LogP contribution in [0.15, 0.2) is 21.3 Å². The first-order chi connectivity index (χ1) is 12.4. The fraction of sp³-hybridized carbons (Fsp3) is 0.421. The summed E-state index contributed by atoms with van der Waals surface area (Å²) in [5, 5.41) is 9.09. The maximum absolute atomic E-state index is 12.7. The minimum Gasteiger partial charge on any atom is -0.478 e. The standard InChI is InChI=1S/C19H22N2O5/c1-11-14(19(24)25)9-13(26-11)10-21(2)18(23)15-8-12-6-4-3-5-7-16(12)20-17(15)22/h8-9H,3-7,10H2,1-2H3,(H,20,22)(H,24,25). The number of aromatic carboxylic acids is 1.